The van der Waals surface area contributed by atoms with Gasteiger partial charge in [-0.05, 0) is 132 Å². The average Bonchev–Trinajstić information content (AvgIpc) is 3.17. The predicted octanol–water partition coefficient (Wildman–Crippen LogP) is 7.28. The number of aliphatic hydroxyl groups excluding tert-OH is 1. The lowest BCUT2D eigenvalue weighted by molar-refractivity contribution is -0.0905. The highest BCUT2D eigenvalue weighted by molar-refractivity contribution is 5.41. The number of hydrogen-bond donors (Lipinski definition) is 1. The molecule has 3 fully saturated rings. The van der Waals surface area contributed by atoms with E-state index in [9.17, 15) is 5.11 Å². The van der Waals surface area contributed by atoms with E-state index in [1.807, 2.05) is 0 Å². The van der Waals surface area contributed by atoms with E-state index in [1.54, 1.807) is 5.56 Å². The fraction of sp³-hybridized carbons (Fsp3) is 0.829. The molecule has 0 aromatic heterocycles. The first-order valence-electron chi connectivity index (χ1n) is 16.0. The summed E-state index contributed by atoms with van der Waals surface area (Å²) in [5, 5.41) is 10.7. The van der Waals surface area contributed by atoms with Crippen LogP contribution >= 0.6 is 0 Å². The zero-order chi connectivity index (χ0) is 28.6. The van der Waals surface area contributed by atoms with Gasteiger partial charge in [0.15, 0.2) is 0 Å². The first-order chi connectivity index (χ1) is 18.0. The number of aliphatic hydroxyl groups is 1. The van der Waals surface area contributed by atoms with Gasteiger partial charge in [-0.2, -0.15) is 0 Å². The normalized spacial score (nSPS) is 32.9. The van der Waals surface area contributed by atoms with Crippen LogP contribution in [-0.2, 0) is 6.42 Å². The lowest BCUT2D eigenvalue weighted by Gasteiger charge is -2.55. The molecular weight excluding hydrogens is 480 g/mol. The van der Waals surface area contributed by atoms with E-state index in [4.69, 9.17) is 4.74 Å². The van der Waals surface area contributed by atoms with Gasteiger partial charge in [-0.25, -0.2) is 0 Å². The fourth-order valence-corrected chi connectivity index (χ4v) is 8.69. The Hall–Kier alpha value is -1.10. The molecule has 0 amide bonds. The number of benzene rings is 1. The van der Waals surface area contributed by atoms with Crippen molar-refractivity contribution < 1.29 is 9.84 Å². The summed E-state index contributed by atoms with van der Waals surface area (Å²) >= 11 is 0. The quantitative estimate of drug-likeness (QED) is 0.427. The Labute approximate surface area is 239 Å². The van der Waals surface area contributed by atoms with E-state index in [-0.39, 0.29) is 33.6 Å². The number of rotatable bonds is 5. The maximum atomic E-state index is 10.7. The number of piperazine rings is 1. The zero-order valence-electron chi connectivity index (χ0n) is 26.9. The average molecular weight is 539 g/mol. The zero-order valence-corrected chi connectivity index (χ0v) is 26.9. The standard InChI is InChI=1S/C35H58N2O2/c1-31(2,3)32(4,5)36-19-21-37(22-20-36)33(6,7)34(8,9)39-25-12-14-26-24(23-25)11-13-28-27(26)17-18-35(10)29(28)15-16-30(35)38/h12,14,23,27-30,38H,11,13,15-22H2,1-10H3. The largest absolute Gasteiger partial charge is 0.486 e. The van der Waals surface area contributed by atoms with Crippen molar-refractivity contribution in [1.29, 1.82) is 0 Å². The molecule has 2 saturated carbocycles. The van der Waals surface area contributed by atoms with Gasteiger partial charge in [0.25, 0.3) is 0 Å². The monoisotopic (exact) mass is 538 g/mol. The van der Waals surface area contributed by atoms with Crippen LogP contribution in [0.5, 0.6) is 5.75 Å². The Morgan fingerprint density at radius 3 is 2.05 bits per heavy atom. The van der Waals surface area contributed by atoms with Crippen molar-refractivity contribution in [3.05, 3.63) is 29.3 Å². The van der Waals surface area contributed by atoms with E-state index in [1.165, 1.54) is 31.2 Å². The van der Waals surface area contributed by atoms with Crippen molar-refractivity contribution >= 4 is 0 Å². The van der Waals surface area contributed by atoms with Gasteiger partial charge < -0.3 is 9.84 Å². The van der Waals surface area contributed by atoms with Crippen LogP contribution in [-0.4, -0.2) is 63.9 Å². The first-order valence-corrected chi connectivity index (χ1v) is 16.0. The highest BCUT2D eigenvalue weighted by atomic mass is 16.5. The van der Waals surface area contributed by atoms with Crippen molar-refractivity contribution in [3.8, 4) is 5.75 Å². The van der Waals surface area contributed by atoms with Crippen molar-refractivity contribution in [2.45, 2.75) is 136 Å². The van der Waals surface area contributed by atoms with Crippen molar-refractivity contribution in [1.82, 2.24) is 9.80 Å². The molecule has 1 saturated heterocycles. The third-order valence-corrected chi connectivity index (χ3v) is 13.2. The van der Waals surface area contributed by atoms with E-state index in [0.29, 0.717) is 11.8 Å². The van der Waals surface area contributed by atoms with E-state index in [2.05, 4.69) is 97.2 Å². The van der Waals surface area contributed by atoms with E-state index in [0.717, 1.165) is 50.7 Å². The molecule has 39 heavy (non-hydrogen) atoms. The predicted molar refractivity (Wildman–Crippen MR) is 163 cm³/mol. The number of nitrogens with zero attached hydrogens (tertiary/aromatic N) is 2. The molecule has 1 aromatic carbocycles. The minimum absolute atomic E-state index is 0.0941. The Bertz CT molecular complexity index is 1050. The van der Waals surface area contributed by atoms with Gasteiger partial charge in [-0.3, -0.25) is 9.80 Å². The number of fused-ring (bicyclic) bond motifs is 5. The molecule has 4 aliphatic rings. The molecule has 1 aromatic rings. The fourth-order valence-electron chi connectivity index (χ4n) is 8.69. The second kappa shape index (κ2) is 9.73. The van der Waals surface area contributed by atoms with Gasteiger partial charge in [-0.1, -0.05) is 33.8 Å². The molecule has 5 atom stereocenters. The lowest BCUT2D eigenvalue weighted by Crippen LogP contribution is -2.67. The number of hydrogen-bond acceptors (Lipinski definition) is 4. The van der Waals surface area contributed by atoms with Crippen LogP contribution < -0.4 is 4.74 Å². The van der Waals surface area contributed by atoms with Gasteiger partial charge >= 0.3 is 0 Å². The highest BCUT2D eigenvalue weighted by Crippen LogP contribution is 2.61. The van der Waals surface area contributed by atoms with Crippen LogP contribution in [0, 0.1) is 22.7 Å². The third-order valence-electron chi connectivity index (χ3n) is 13.2. The van der Waals surface area contributed by atoms with Crippen molar-refractivity contribution in [3.63, 3.8) is 0 Å². The minimum atomic E-state index is -0.327. The van der Waals surface area contributed by atoms with Crippen LogP contribution in [0.1, 0.15) is 118 Å². The molecule has 1 aliphatic heterocycles. The highest BCUT2D eigenvalue weighted by Gasteiger charge is 2.54. The van der Waals surface area contributed by atoms with E-state index < -0.39 is 0 Å². The molecule has 4 heteroatoms. The smallest absolute Gasteiger partial charge is 0.121 e. The Kier molecular flexibility index (Phi) is 7.34. The second-order valence-corrected chi connectivity index (χ2v) is 16.4. The molecule has 5 rings (SSSR count). The molecule has 5 unspecified atom stereocenters. The number of aryl methyl sites for hydroxylation is 1. The first kappa shape index (κ1) is 29.4. The molecule has 0 spiro atoms. The second-order valence-electron chi connectivity index (χ2n) is 16.4. The van der Waals surface area contributed by atoms with Gasteiger partial charge in [0, 0.05) is 31.7 Å². The maximum absolute atomic E-state index is 10.7. The molecule has 4 nitrogen and oxygen atoms in total. The Morgan fingerprint density at radius 2 is 1.44 bits per heavy atom. The summed E-state index contributed by atoms with van der Waals surface area (Å²) in [7, 11) is 0. The summed E-state index contributed by atoms with van der Waals surface area (Å²) in [4.78, 5) is 5.34. The molecular formula is C35H58N2O2. The molecule has 220 valence electrons. The lowest BCUT2D eigenvalue weighted by atomic mass is 9.55. The summed E-state index contributed by atoms with van der Waals surface area (Å²) in [5.74, 6) is 3.10. The van der Waals surface area contributed by atoms with Gasteiger partial charge in [-0.15, -0.1) is 0 Å². The van der Waals surface area contributed by atoms with Crippen LogP contribution in [0.3, 0.4) is 0 Å². The van der Waals surface area contributed by atoms with Crippen LogP contribution in [0.4, 0.5) is 0 Å². The molecule has 0 radical (unpaired) electrons. The summed E-state index contributed by atoms with van der Waals surface area (Å²) in [5.41, 5.74) is 3.21. The van der Waals surface area contributed by atoms with Gasteiger partial charge in [0.2, 0.25) is 0 Å². The summed E-state index contributed by atoms with van der Waals surface area (Å²) in [6, 6.07) is 7.01. The molecule has 1 N–H and O–H groups in total. The van der Waals surface area contributed by atoms with Gasteiger partial charge in [0.05, 0.1) is 11.6 Å². The summed E-state index contributed by atoms with van der Waals surface area (Å²) in [6.07, 6.45) is 6.90. The van der Waals surface area contributed by atoms with Crippen LogP contribution in [0.15, 0.2) is 18.2 Å². The van der Waals surface area contributed by atoms with Crippen molar-refractivity contribution in [2.75, 3.05) is 26.2 Å². The minimum Gasteiger partial charge on any atom is -0.486 e. The van der Waals surface area contributed by atoms with Crippen LogP contribution in [0.2, 0.25) is 0 Å². The molecule has 0 bridgehead atoms. The molecule has 1 heterocycles. The summed E-state index contributed by atoms with van der Waals surface area (Å²) in [6.45, 7) is 27.9. The maximum Gasteiger partial charge on any atom is 0.121 e. The third kappa shape index (κ3) is 4.79. The Morgan fingerprint density at radius 1 is 0.821 bits per heavy atom. The van der Waals surface area contributed by atoms with Crippen LogP contribution in [0.25, 0.3) is 0 Å². The molecule has 3 aliphatic carbocycles. The summed E-state index contributed by atoms with van der Waals surface area (Å²) < 4.78 is 6.88. The van der Waals surface area contributed by atoms with Crippen molar-refractivity contribution in [2.24, 2.45) is 22.7 Å². The van der Waals surface area contributed by atoms with Gasteiger partial charge in [0.1, 0.15) is 11.4 Å². The SMILES string of the molecule is CC12CCC3c4ccc(OC(C)(C)C(C)(C)N5CCN(C(C)(C)C(C)(C)C)CC5)cc4CCC3C1CCC2O. The van der Waals surface area contributed by atoms with E-state index >= 15 is 0 Å². The Balaban J connectivity index is 1.27. The topological polar surface area (TPSA) is 35.9 Å². The number of ether oxygens (including phenoxy) is 1.